The molecule has 0 radical (unpaired) electrons. The van der Waals surface area contributed by atoms with Gasteiger partial charge < -0.3 is 4.74 Å². The molecule has 20 heavy (non-hydrogen) atoms. The fourth-order valence-electron chi connectivity index (χ4n) is 1.92. The van der Waals surface area contributed by atoms with Crippen molar-refractivity contribution in [1.82, 2.24) is 9.78 Å². The van der Waals surface area contributed by atoms with Gasteiger partial charge in [0.1, 0.15) is 0 Å². The topological polar surface area (TPSA) is 70.2 Å². The first-order chi connectivity index (χ1) is 9.43. The largest absolute Gasteiger partial charge is 0.432 e. The monoisotopic (exact) mass is 339 g/mol. The molecule has 0 fully saturated rings. The van der Waals surface area contributed by atoms with E-state index >= 15 is 0 Å². The van der Waals surface area contributed by atoms with E-state index in [0.29, 0.717) is 11.2 Å². The van der Waals surface area contributed by atoms with Crippen LogP contribution >= 0.6 is 15.9 Å². The van der Waals surface area contributed by atoms with Crippen molar-refractivity contribution < 1.29 is 9.66 Å². The summed E-state index contributed by atoms with van der Waals surface area (Å²) in [6.07, 6.45) is 0. The summed E-state index contributed by atoms with van der Waals surface area (Å²) in [5.41, 5.74) is 2.46. The van der Waals surface area contributed by atoms with Crippen LogP contribution in [0.5, 0.6) is 11.6 Å². The van der Waals surface area contributed by atoms with Crippen LogP contribution in [0.25, 0.3) is 0 Å². The van der Waals surface area contributed by atoms with Crippen LogP contribution in [0.3, 0.4) is 0 Å². The second-order valence-corrected chi connectivity index (χ2v) is 5.02. The molecule has 0 bridgehead atoms. The Morgan fingerprint density at radius 2 is 2.15 bits per heavy atom. The number of hydrogen-bond donors (Lipinski definition) is 0. The quantitative estimate of drug-likeness (QED) is 0.484. The van der Waals surface area contributed by atoms with Gasteiger partial charge >= 0.3 is 5.69 Å². The van der Waals surface area contributed by atoms with Gasteiger partial charge in [-0.25, -0.2) is 4.68 Å². The Morgan fingerprint density at radius 3 is 2.75 bits per heavy atom. The number of alkyl halides is 1. The van der Waals surface area contributed by atoms with Gasteiger partial charge in [-0.1, -0.05) is 22.0 Å². The molecule has 1 aromatic heterocycles. The zero-order valence-electron chi connectivity index (χ0n) is 11.4. The third-order valence-corrected chi connectivity index (χ3v) is 3.50. The fourth-order valence-corrected chi connectivity index (χ4v) is 2.57. The third kappa shape index (κ3) is 2.67. The molecule has 0 unspecified atom stereocenters. The van der Waals surface area contributed by atoms with Crippen LogP contribution in [-0.4, -0.2) is 14.7 Å². The summed E-state index contributed by atoms with van der Waals surface area (Å²) < 4.78 is 7.31. The predicted octanol–water partition coefficient (Wildman–Crippen LogP) is 3.63. The van der Waals surface area contributed by atoms with E-state index in [0.717, 1.165) is 16.8 Å². The number of nitro benzene ring substituents is 1. The number of nitro groups is 1. The molecule has 0 aliphatic carbocycles. The molecule has 0 N–H and O–H groups in total. The van der Waals surface area contributed by atoms with Crippen LogP contribution in [0.15, 0.2) is 18.2 Å². The Balaban J connectivity index is 2.48. The van der Waals surface area contributed by atoms with Crippen molar-refractivity contribution in [1.29, 1.82) is 0 Å². The maximum Gasteiger partial charge on any atom is 0.311 e. The van der Waals surface area contributed by atoms with Gasteiger partial charge in [0.05, 0.1) is 10.6 Å². The molecular formula is C13H14BrN3O3. The van der Waals surface area contributed by atoms with E-state index in [9.17, 15) is 10.1 Å². The summed E-state index contributed by atoms with van der Waals surface area (Å²) in [6.45, 7) is 3.67. The van der Waals surface area contributed by atoms with Crippen molar-refractivity contribution in [3.8, 4) is 11.6 Å². The molecule has 0 aliphatic rings. The van der Waals surface area contributed by atoms with Crippen molar-refractivity contribution in [3.63, 3.8) is 0 Å². The van der Waals surface area contributed by atoms with Crippen LogP contribution in [0, 0.1) is 24.0 Å². The number of rotatable bonds is 4. The summed E-state index contributed by atoms with van der Waals surface area (Å²) in [5.74, 6) is 0.720. The second kappa shape index (κ2) is 5.62. The van der Waals surface area contributed by atoms with Crippen molar-refractivity contribution in [2.45, 2.75) is 19.2 Å². The smallest absolute Gasteiger partial charge is 0.311 e. The molecule has 0 amide bonds. The summed E-state index contributed by atoms with van der Waals surface area (Å²) in [7, 11) is 1.74. The van der Waals surface area contributed by atoms with Crippen molar-refractivity contribution in [3.05, 3.63) is 45.1 Å². The highest BCUT2D eigenvalue weighted by Crippen LogP contribution is 2.34. The lowest BCUT2D eigenvalue weighted by Crippen LogP contribution is -1.99. The zero-order valence-corrected chi connectivity index (χ0v) is 13.0. The molecule has 6 nitrogen and oxygen atoms in total. The Morgan fingerprint density at radius 1 is 1.45 bits per heavy atom. The van der Waals surface area contributed by atoms with Crippen molar-refractivity contribution in [2.24, 2.45) is 7.05 Å². The lowest BCUT2D eigenvalue weighted by Gasteiger charge is -2.08. The summed E-state index contributed by atoms with van der Waals surface area (Å²) in [4.78, 5) is 10.7. The van der Waals surface area contributed by atoms with Gasteiger partial charge in [0.25, 0.3) is 0 Å². The Kier molecular flexibility index (Phi) is 4.08. The average Bonchev–Trinajstić information content (AvgIpc) is 2.65. The zero-order chi connectivity index (χ0) is 14.9. The summed E-state index contributed by atoms with van der Waals surface area (Å²) in [5, 5.41) is 15.9. The van der Waals surface area contributed by atoms with Gasteiger partial charge in [-0.2, -0.15) is 5.10 Å². The van der Waals surface area contributed by atoms with Gasteiger partial charge in [0.15, 0.2) is 0 Å². The van der Waals surface area contributed by atoms with Crippen molar-refractivity contribution >= 4 is 21.6 Å². The van der Waals surface area contributed by atoms with Gasteiger partial charge in [-0.3, -0.25) is 10.1 Å². The highest BCUT2D eigenvalue weighted by Gasteiger charge is 2.20. The summed E-state index contributed by atoms with van der Waals surface area (Å²) in [6, 6.07) is 4.87. The van der Waals surface area contributed by atoms with Crippen LogP contribution < -0.4 is 4.74 Å². The van der Waals surface area contributed by atoms with Gasteiger partial charge in [0.2, 0.25) is 11.6 Å². The molecule has 0 spiro atoms. The molecule has 2 rings (SSSR count). The summed E-state index contributed by atoms with van der Waals surface area (Å²) >= 11 is 3.38. The van der Waals surface area contributed by atoms with E-state index in [4.69, 9.17) is 4.74 Å². The molecule has 2 aromatic rings. The Hall–Kier alpha value is -1.89. The van der Waals surface area contributed by atoms with Gasteiger partial charge in [-0.05, 0) is 25.5 Å². The number of aryl methyl sites for hydroxylation is 3. The SMILES string of the molecule is Cc1ccc(Oc2c(CBr)c(C)nn2C)c([N+](=O)[O-])c1. The fraction of sp³-hybridized carbons (Fsp3) is 0.308. The first-order valence-corrected chi connectivity index (χ1v) is 7.07. The maximum atomic E-state index is 11.1. The van der Waals surface area contributed by atoms with Gasteiger partial charge in [-0.15, -0.1) is 0 Å². The van der Waals surface area contributed by atoms with E-state index in [-0.39, 0.29) is 11.4 Å². The Bertz CT molecular complexity index is 667. The maximum absolute atomic E-state index is 11.1. The lowest BCUT2D eigenvalue weighted by atomic mass is 10.2. The van der Waals surface area contributed by atoms with Crippen LogP contribution in [-0.2, 0) is 12.4 Å². The molecule has 1 aromatic carbocycles. The van der Waals surface area contributed by atoms with Crippen LogP contribution in [0.1, 0.15) is 16.8 Å². The molecule has 7 heteroatoms. The number of nitrogens with zero attached hydrogens (tertiary/aromatic N) is 3. The molecule has 0 saturated heterocycles. The highest BCUT2D eigenvalue weighted by atomic mass is 79.9. The molecule has 0 atom stereocenters. The minimum atomic E-state index is -0.445. The molecule has 0 saturated carbocycles. The molecule has 0 aliphatic heterocycles. The number of ether oxygens (including phenoxy) is 1. The Labute approximate surface area is 124 Å². The van der Waals surface area contributed by atoms with Gasteiger partial charge in [0, 0.05) is 24.0 Å². The lowest BCUT2D eigenvalue weighted by molar-refractivity contribution is -0.385. The first kappa shape index (κ1) is 14.5. The molecule has 106 valence electrons. The minimum absolute atomic E-state index is 0.0515. The van der Waals surface area contributed by atoms with E-state index < -0.39 is 4.92 Å². The highest BCUT2D eigenvalue weighted by molar-refractivity contribution is 9.08. The molecular weight excluding hydrogens is 326 g/mol. The van der Waals surface area contributed by atoms with Crippen LogP contribution in [0.4, 0.5) is 5.69 Å². The molecule has 1 heterocycles. The normalized spacial score (nSPS) is 10.6. The third-order valence-electron chi connectivity index (χ3n) is 2.94. The standard InChI is InChI=1S/C13H14BrN3O3/c1-8-4-5-12(11(6-8)17(18)19)20-13-10(7-14)9(2)15-16(13)3/h4-6H,7H2,1-3H3. The number of benzene rings is 1. The first-order valence-electron chi connectivity index (χ1n) is 5.95. The number of aromatic nitrogens is 2. The number of hydrogen-bond acceptors (Lipinski definition) is 4. The van der Waals surface area contributed by atoms with E-state index in [1.807, 2.05) is 6.92 Å². The minimum Gasteiger partial charge on any atom is -0.432 e. The van der Waals surface area contributed by atoms with E-state index in [1.165, 1.54) is 6.07 Å². The van der Waals surface area contributed by atoms with E-state index in [1.54, 1.807) is 30.8 Å². The van der Waals surface area contributed by atoms with E-state index in [2.05, 4.69) is 21.0 Å². The second-order valence-electron chi connectivity index (χ2n) is 4.46. The predicted molar refractivity (Wildman–Crippen MR) is 78.5 cm³/mol. The average molecular weight is 340 g/mol. The van der Waals surface area contributed by atoms with Crippen molar-refractivity contribution in [2.75, 3.05) is 0 Å². The van der Waals surface area contributed by atoms with Crippen LogP contribution in [0.2, 0.25) is 0 Å². The number of halogens is 1.